The molecule has 5 nitrogen and oxygen atoms in total. The Morgan fingerprint density at radius 3 is 2.43 bits per heavy atom. The van der Waals surface area contributed by atoms with Gasteiger partial charge in [-0.3, -0.25) is 0 Å². The van der Waals surface area contributed by atoms with Crippen LogP contribution < -0.4 is 4.72 Å². The zero-order chi connectivity index (χ0) is 16.2. The maximum atomic E-state index is 12.2. The van der Waals surface area contributed by atoms with Gasteiger partial charge in [-0.25, -0.2) is 17.9 Å². The molecule has 0 spiro atoms. The van der Waals surface area contributed by atoms with Crippen LogP contribution in [0.2, 0.25) is 10.0 Å². The molecule has 0 aromatic heterocycles. The number of benzene rings is 1. The molecule has 1 aromatic rings. The number of sulfonamides is 1. The van der Waals surface area contributed by atoms with Gasteiger partial charge in [0.1, 0.15) is 4.90 Å². The van der Waals surface area contributed by atoms with E-state index in [1.807, 2.05) is 13.8 Å². The van der Waals surface area contributed by atoms with E-state index in [1.165, 1.54) is 0 Å². The van der Waals surface area contributed by atoms with E-state index >= 15 is 0 Å². The first-order valence-electron chi connectivity index (χ1n) is 6.37. The summed E-state index contributed by atoms with van der Waals surface area (Å²) in [4.78, 5) is 10.7. The number of rotatable bonds is 7. The SMILES string of the molecule is CC(C)CCCNS(=O)(=O)c1cc(C(=O)O)c(Cl)cc1Cl. The van der Waals surface area contributed by atoms with Crippen LogP contribution in [-0.4, -0.2) is 26.0 Å². The predicted molar refractivity (Wildman–Crippen MR) is 82.7 cm³/mol. The standard InChI is InChI=1S/C13H17Cl2NO4S/c1-8(2)4-3-5-16-21(19,20)12-6-9(13(17)18)10(14)7-11(12)15/h6-8,16H,3-5H2,1-2H3,(H,17,18). The largest absolute Gasteiger partial charge is 0.478 e. The zero-order valence-electron chi connectivity index (χ0n) is 11.7. The van der Waals surface area contributed by atoms with Crippen molar-refractivity contribution in [1.82, 2.24) is 4.72 Å². The van der Waals surface area contributed by atoms with E-state index in [-0.39, 0.29) is 27.0 Å². The van der Waals surface area contributed by atoms with Crippen molar-refractivity contribution in [3.8, 4) is 0 Å². The van der Waals surface area contributed by atoms with Crippen LogP contribution in [0.3, 0.4) is 0 Å². The average Bonchev–Trinajstić information content (AvgIpc) is 2.33. The first-order valence-corrected chi connectivity index (χ1v) is 8.61. The summed E-state index contributed by atoms with van der Waals surface area (Å²) in [6.45, 7) is 4.36. The van der Waals surface area contributed by atoms with Crippen LogP contribution in [-0.2, 0) is 10.0 Å². The number of carboxylic acid groups (broad SMARTS) is 1. The lowest BCUT2D eigenvalue weighted by molar-refractivity contribution is 0.0697. The Hall–Kier alpha value is -0.820. The lowest BCUT2D eigenvalue weighted by Gasteiger charge is -2.11. The molecule has 0 fully saturated rings. The monoisotopic (exact) mass is 353 g/mol. The number of carbonyl (C=O) groups is 1. The van der Waals surface area contributed by atoms with Crippen molar-refractivity contribution in [2.24, 2.45) is 5.92 Å². The second-order valence-corrected chi connectivity index (χ2v) is 7.55. The molecule has 0 radical (unpaired) electrons. The molecule has 118 valence electrons. The van der Waals surface area contributed by atoms with E-state index in [9.17, 15) is 13.2 Å². The maximum absolute atomic E-state index is 12.2. The number of aromatic carboxylic acids is 1. The molecular formula is C13H17Cl2NO4S. The molecule has 0 saturated heterocycles. The van der Waals surface area contributed by atoms with Crippen molar-refractivity contribution >= 4 is 39.2 Å². The number of hydrogen-bond donors (Lipinski definition) is 2. The average molecular weight is 354 g/mol. The van der Waals surface area contributed by atoms with Gasteiger partial charge in [0.15, 0.2) is 0 Å². The van der Waals surface area contributed by atoms with E-state index in [2.05, 4.69) is 4.72 Å². The molecule has 0 aliphatic heterocycles. The molecule has 0 atom stereocenters. The van der Waals surface area contributed by atoms with Gasteiger partial charge in [-0.05, 0) is 30.9 Å². The first-order chi connectivity index (χ1) is 9.65. The third-order valence-electron chi connectivity index (χ3n) is 2.79. The highest BCUT2D eigenvalue weighted by Gasteiger charge is 2.22. The van der Waals surface area contributed by atoms with E-state index < -0.39 is 16.0 Å². The Morgan fingerprint density at radius 2 is 1.90 bits per heavy atom. The minimum atomic E-state index is -3.87. The summed E-state index contributed by atoms with van der Waals surface area (Å²) in [5, 5.41) is 8.76. The van der Waals surface area contributed by atoms with Crippen molar-refractivity contribution in [3.63, 3.8) is 0 Å². The molecule has 2 N–H and O–H groups in total. The number of hydrogen-bond acceptors (Lipinski definition) is 3. The third-order valence-corrected chi connectivity index (χ3v) is 5.03. The highest BCUT2D eigenvalue weighted by Crippen LogP contribution is 2.28. The minimum absolute atomic E-state index is 0.105. The Kier molecular flexibility index (Phi) is 6.46. The smallest absolute Gasteiger partial charge is 0.337 e. The molecule has 1 rings (SSSR count). The second kappa shape index (κ2) is 7.45. The van der Waals surface area contributed by atoms with Crippen molar-refractivity contribution in [2.45, 2.75) is 31.6 Å². The minimum Gasteiger partial charge on any atom is -0.478 e. The highest BCUT2D eigenvalue weighted by atomic mass is 35.5. The van der Waals surface area contributed by atoms with Gasteiger partial charge < -0.3 is 5.11 Å². The normalized spacial score (nSPS) is 11.9. The Balaban J connectivity index is 2.97. The highest BCUT2D eigenvalue weighted by molar-refractivity contribution is 7.89. The molecule has 0 heterocycles. The molecule has 0 bridgehead atoms. The predicted octanol–water partition coefficient (Wildman–Crippen LogP) is 3.41. The van der Waals surface area contributed by atoms with Gasteiger partial charge in [0, 0.05) is 6.54 Å². The summed E-state index contributed by atoms with van der Waals surface area (Å²) in [5.74, 6) is -0.833. The van der Waals surface area contributed by atoms with Gasteiger partial charge in [-0.2, -0.15) is 0 Å². The van der Waals surface area contributed by atoms with E-state index in [4.69, 9.17) is 28.3 Å². The molecule has 8 heteroatoms. The van der Waals surface area contributed by atoms with E-state index in [0.29, 0.717) is 12.3 Å². The van der Waals surface area contributed by atoms with Gasteiger partial charge >= 0.3 is 5.97 Å². The molecule has 0 unspecified atom stereocenters. The van der Waals surface area contributed by atoms with Crippen molar-refractivity contribution in [3.05, 3.63) is 27.7 Å². The lowest BCUT2D eigenvalue weighted by Crippen LogP contribution is -2.25. The summed E-state index contributed by atoms with van der Waals surface area (Å²) in [7, 11) is -3.87. The number of nitrogens with one attached hydrogen (secondary N) is 1. The maximum Gasteiger partial charge on any atom is 0.337 e. The van der Waals surface area contributed by atoms with Crippen molar-refractivity contribution < 1.29 is 18.3 Å². The van der Waals surface area contributed by atoms with E-state index in [0.717, 1.165) is 18.6 Å². The summed E-state index contributed by atoms with van der Waals surface area (Å²) < 4.78 is 26.7. The first kappa shape index (κ1) is 18.2. The fourth-order valence-corrected chi connectivity index (χ4v) is 3.62. The van der Waals surface area contributed by atoms with Gasteiger partial charge in [0.2, 0.25) is 10.0 Å². The van der Waals surface area contributed by atoms with Crippen LogP contribution in [0.5, 0.6) is 0 Å². The van der Waals surface area contributed by atoms with E-state index in [1.54, 1.807) is 0 Å². The van der Waals surface area contributed by atoms with Crippen LogP contribution in [0.4, 0.5) is 0 Å². The van der Waals surface area contributed by atoms with Crippen molar-refractivity contribution in [1.29, 1.82) is 0 Å². The molecule has 0 aliphatic carbocycles. The third kappa shape index (κ3) is 5.14. The van der Waals surface area contributed by atoms with Gasteiger partial charge in [0.25, 0.3) is 0 Å². The zero-order valence-corrected chi connectivity index (χ0v) is 14.0. The van der Waals surface area contributed by atoms with Gasteiger partial charge in [-0.1, -0.05) is 37.0 Å². The Bertz CT molecular complexity index is 629. The quantitative estimate of drug-likeness (QED) is 0.735. The van der Waals surface area contributed by atoms with Crippen LogP contribution in [0.1, 0.15) is 37.0 Å². The molecule has 21 heavy (non-hydrogen) atoms. The summed E-state index contributed by atoms with van der Waals surface area (Å²) in [5.41, 5.74) is -0.302. The van der Waals surface area contributed by atoms with Crippen LogP contribution in [0, 0.1) is 5.92 Å². The molecule has 0 aliphatic rings. The molecular weight excluding hydrogens is 337 g/mol. The fraction of sp³-hybridized carbons (Fsp3) is 0.462. The molecule has 1 aromatic carbocycles. The van der Waals surface area contributed by atoms with Crippen LogP contribution in [0.25, 0.3) is 0 Å². The number of carboxylic acids is 1. The van der Waals surface area contributed by atoms with Crippen LogP contribution in [0.15, 0.2) is 17.0 Å². The summed E-state index contributed by atoms with van der Waals surface area (Å²) in [6.07, 6.45) is 1.57. The second-order valence-electron chi connectivity index (χ2n) is 5.00. The lowest BCUT2D eigenvalue weighted by atomic mass is 10.1. The van der Waals surface area contributed by atoms with Gasteiger partial charge in [-0.15, -0.1) is 0 Å². The molecule has 0 amide bonds. The van der Waals surface area contributed by atoms with Gasteiger partial charge in [0.05, 0.1) is 15.6 Å². The fourth-order valence-electron chi connectivity index (χ4n) is 1.69. The summed E-state index contributed by atoms with van der Waals surface area (Å²) in [6, 6.07) is 2.09. The van der Waals surface area contributed by atoms with Crippen LogP contribution >= 0.6 is 23.2 Å². The summed E-state index contributed by atoms with van der Waals surface area (Å²) >= 11 is 11.6. The van der Waals surface area contributed by atoms with Crippen molar-refractivity contribution in [2.75, 3.05) is 6.54 Å². The number of halogens is 2. The molecule has 0 saturated carbocycles. The Morgan fingerprint density at radius 1 is 1.29 bits per heavy atom. The Labute approximate surface area is 134 Å². The topological polar surface area (TPSA) is 83.5 Å².